The summed E-state index contributed by atoms with van der Waals surface area (Å²) in [4.78, 5) is 11.7. The number of alkyl halides is 3. The smallest absolute Gasteiger partial charge is 0.356 e. The lowest BCUT2D eigenvalue weighted by molar-refractivity contribution is -0.141. The van der Waals surface area contributed by atoms with Gasteiger partial charge in [0.2, 0.25) is 5.91 Å². The highest BCUT2D eigenvalue weighted by molar-refractivity contribution is 6.30. The molecule has 0 bridgehead atoms. The zero-order chi connectivity index (χ0) is 17.7. The van der Waals surface area contributed by atoms with Crippen molar-refractivity contribution in [3.05, 3.63) is 34.9 Å². The van der Waals surface area contributed by atoms with Crippen molar-refractivity contribution in [2.45, 2.75) is 39.0 Å². The molecular formula is C14H17ClF3N5O. The Labute approximate surface area is 141 Å². The standard InChI is InChI=1S/C14H17ClF3N5O/c1-10-7-12(14(16,17)18)21-23(10)6-3-13(24)19-4-2-5-22-9-11(15)8-20-22/h7-9H,2-6H2,1H3,(H,19,24). The fraction of sp³-hybridized carbons (Fsp3) is 0.500. The van der Waals surface area contributed by atoms with E-state index in [0.717, 1.165) is 6.07 Å². The summed E-state index contributed by atoms with van der Waals surface area (Å²) in [7, 11) is 0. The number of nitrogens with zero attached hydrogens (tertiary/aromatic N) is 4. The Morgan fingerprint density at radius 2 is 2.12 bits per heavy atom. The van der Waals surface area contributed by atoms with Gasteiger partial charge in [-0.3, -0.25) is 14.2 Å². The monoisotopic (exact) mass is 363 g/mol. The van der Waals surface area contributed by atoms with Crippen molar-refractivity contribution in [1.82, 2.24) is 24.9 Å². The lowest BCUT2D eigenvalue weighted by Gasteiger charge is -2.07. The van der Waals surface area contributed by atoms with Crippen molar-refractivity contribution in [1.29, 1.82) is 0 Å². The molecule has 1 N–H and O–H groups in total. The largest absolute Gasteiger partial charge is 0.435 e. The maximum atomic E-state index is 12.6. The first-order chi connectivity index (χ1) is 11.3. The first-order valence-corrected chi connectivity index (χ1v) is 7.70. The molecule has 0 aliphatic rings. The van der Waals surface area contributed by atoms with E-state index in [0.29, 0.717) is 30.2 Å². The minimum atomic E-state index is -4.48. The van der Waals surface area contributed by atoms with Gasteiger partial charge in [-0.25, -0.2) is 0 Å². The maximum Gasteiger partial charge on any atom is 0.435 e. The number of nitrogens with one attached hydrogen (secondary N) is 1. The normalized spacial score (nSPS) is 11.7. The molecule has 0 aromatic carbocycles. The minimum Gasteiger partial charge on any atom is -0.356 e. The Morgan fingerprint density at radius 3 is 2.71 bits per heavy atom. The van der Waals surface area contributed by atoms with Gasteiger partial charge in [-0.05, 0) is 19.4 Å². The van der Waals surface area contributed by atoms with E-state index < -0.39 is 11.9 Å². The average molecular weight is 364 g/mol. The predicted octanol–water partition coefficient (Wildman–Crippen LogP) is 2.66. The van der Waals surface area contributed by atoms with Crippen LogP contribution in [0, 0.1) is 6.92 Å². The quantitative estimate of drug-likeness (QED) is 0.769. The molecule has 0 spiro atoms. The van der Waals surface area contributed by atoms with E-state index in [1.54, 1.807) is 10.9 Å². The van der Waals surface area contributed by atoms with Crippen LogP contribution in [0.2, 0.25) is 5.02 Å². The summed E-state index contributed by atoms with van der Waals surface area (Å²) in [6, 6.07) is 0.965. The Hall–Kier alpha value is -2.03. The Bertz CT molecular complexity index is 695. The molecule has 10 heteroatoms. The molecule has 0 atom stereocenters. The van der Waals surface area contributed by atoms with Gasteiger partial charge in [0.15, 0.2) is 5.69 Å². The van der Waals surface area contributed by atoms with Gasteiger partial charge in [0.05, 0.1) is 11.2 Å². The van der Waals surface area contributed by atoms with Crippen molar-refractivity contribution in [2.24, 2.45) is 0 Å². The highest BCUT2D eigenvalue weighted by atomic mass is 35.5. The van der Waals surface area contributed by atoms with Crippen LogP contribution in [0.5, 0.6) is 0 Å². The van der Waals surface area contributed by atoms with Gasteiger partial charge in [-0.15, -0.1) is 0 Å². The number of aryl methyl sites for hydroxylation is 3. The Balaban J connectivity index is 1.70. The summed E-state index contributed by atoms with van der Waals surface area (Å²) in [5.74, 6) is -0.239. The Morgan fingerprint density at radius 1 is 1.38 bits per heavy atom. The molecule has 0 unspecified atom stereocenters. The molecule has 0 saturated heterocycles. The molecule has 1 amide bonds. The van der Waals surface area contributed by atoms with Crippen molar-refractivity contribution >= 4 is 17.5 Å². The van der Waals surface area contributed by atoms with Crippen LogP contribution >= 0.6 is 11.6 Å². The molecule has 0 aliphatic heterocycles. The van der Waals surface area contributed by atoms with E-state index in [4.69, 9.17) is 11.6 Å². The second kappa shape index (κ2) is 7.69. The molecule has 6 nitrogen and oxygen atoms in total. The second-order valence-corrected chi connectivity index (χ2v) is 5.70. The summed E-state index contributed by atoms with van der Waals surface area (Å²) < 4.78 is 40.5. The topological polar surface area (TPSA) is 64.7 Å². The van der Waals surface area contributed by atoms with Gasteiger partial charge < -0.3 is 5.32 Å². The number of aromatic nitrogens is 4. The number of halogens is 4. The average Bonchev–Trinajstić information content (AvgIpc) is 3.07. The van der Waals surface area contributed by atoms with Gasteiger partial charge >= 0.3 is 6.18 Å². The molecular weight excluding hydrogens is 347 g/mol. The van der Waals surface area contributed by atoms with Crippen LogP contribution < -0.4 is 5.32 Å². The van der Waals surface area contributed by atoms with E-state index in [1.807, 2.05) is 0 Å². The van der Waals surface area contributed by atoms with E-state index in [9.17, 15) is 18.0 Å². The zero-order valence-electron chi connectivity index (χ0n) is 13.0. The maximum absolute atomic E-state index is 12.6. The fourth-order valence-corrected chi connectivity index (χ4v) is 2.26. The molecule has 2 heterocycles. The minimum absolute atomic E-state index is 0.0629. The predicted molar refractivity (Wildman–Crippen MR) is 81.4 cm³/mol. The number of hydrogen-bond acceptors (Lipinski definition) is 3. The molecule has 0 radical (unpaired) electrons. The summed E-state index contributed by atoms with van der Waals surface area (Å²) in [6.45, 7) is 2.68. The molecule has 2 aromatic rings. The molecule has 24 heavy (non-hydrogen) atoms. The molecule has 0 fully saturated rings. The van der Waals surface area contributed by atoms with Crippen LogP contribution in [0.15, 0.2) is 18.5 Å². The number of rotatable bonds is 7. The first kappa shape index (κ1) is 18.3. The van der Waals surface area contributed by atoms with Gasteiger partial charge in [-0.1, -0.05) is 11.6 Å². The third kappa shape index (κ3) is 5.26. The van der Waals surface area contributed by atoms with E-state index in [2.05, 4.69) is 15.5 Å². The third-order valence-corrected chi connectivity index (χ3v) is 3.51. The summed E-state index contributed by atoms with van der Waals surface area (Å²) in [6.07, 6.45) is -0.534. The SMILES string of the molecule is Cc1cc(C(F)(F)F)nn1CCC(=O)NCCCn1cc(Cl)cn1. The lowest BCUT2D eigenvalue weighted by Crippen LogP contribution is -2.26. The highest BCUT2D eigenvalue weighted by Gasteiger charge is 2.34. The van der Waals surface area contributed by atoms with Crippen LogP contribution in [-0.2, 0) is 24.1 Å². The molecule has 2 rings (SSSR count). The summed E-state index contributed by atoms with van der Waals surface area (Å²) in [5, 5.41) is 10.7. The van der Waals surface area contributed by atoms with E-state index in [-0.39, 0.29) is 18.9 Å². The highest BCUT2D eigenvalue weighted by Crippen LogP contribution is 2.28. The van der Waals surface area contributed by atoms with Gasteiger partial charge in [-0.2, -0.15) is 23.4 Å². The van der Waals surface area contributed by atoms with Crippen molar-refractivity contribution in [3.8, 4) is 0 Å². The summed E-state index contributed by atoms with van der Waals surface area (Å²) in [5.41, 5.74) is -0.580. The first-order valence-electron chi connectivity index (χ1n) is 7.32. The van der Waals surface area contributed by atoms with E-state index in [1.165, 1.54) is 17.8 Å². The van der Waals surface area contributed by atoms with Crippen LogP contribution in [0.1, 0.15) is 24.2 Å². The number of carbonyl (C=O) groups is 1. The van der Waals surface area contributed by atoms with Crippen LogP contribution in [-0.4, -0.2) is 32.0 Å². The zero-order valence-corrected chi connectivity index (χ0v) is 13.7. The number of hydrogen-bond donors (Lipinski definition) is 1. The van der Waals surface area contributed by atoms with Gasteiger partial charge in [0, 0.05) is 37.9 Å². The van der Waals surface area contributed by atoms with Crippen molar-refractivity contribution in [3.63, 3.8) is 0 Å². The van der Waals surface area contributed by atoms with Gasteiger partial charge in [0.1, 0.15) is 0 Å². The van der Waals surface area contributed by atoms with E-state index >= 15 is 0 Å². The summed E-state index contributed by atoms with van der Waals surface area (Å²) >= 11 is 5.73. The van der Waals surface area contributed by atoms with Gasteiger partial charge in [0.25, 0.3) is 0 Å². The molecule has 2 aromatic heterocycles. The number of amides is 1. The third-order valence-electron chi connectivity index (χ3n) is 3.31. The van der Waals surface area contributed by atoms with Crippen LogP contribution in [0.3, 0.4) is 0 Å². The fourth-order valence-electron chi connectivity index (χ4n) is 2.10. The molecule has 132 valence electrons. The molecule has 0 saturated carbocycles. The molecule has 0 aliphatic carbocycles. The van der Waals surface area contributed by atoms with Crippen molar-refractivity contribution < 1.29 is 18.0 Å². The lowest BCUT2D eigenvalue weighted by atomic mass is 10.3. The van der Waals surface area contributed by atoms with Crippen LogP contribution in [0.4, 0.5) is 13.2 Å². The van der Waals surface area contributed by atoms with Crippen LogP contribution in [0.25, 0.3) is 0 Å². The Kier molecular flexibility index (Phi) is 5.87. The second-order valence-electron chi connectivity index (χ2n) is 5.27. The van der Waals surface area contributed by atoms with Crippen molar-refractivity contribution in [2.75, 3.05) is 6.54 Å². The number of carbonyl (C=O) groups excluding carboxylic acids is 1.